The molecule has 0 aromatic heterocycles. The maximum Gasteiger partial charge on any atom is 0.410 e. The van der Waals surface area contributed by atoms with E-state index < -0.39 is 55.1 Å². The molecule has 0 bridgehead atoms. The van der Waals surface area contributed by atoms with Crippen LogP contribution in [0.1, 0.15) is 44.7 Å². The minimum absolute atomic E-state index is 0. The second-order valence-electron chi connectivity index (χ2n) is 12.1. The van der Waals surface area contributed by atoms with Gasteiger partial charge in [-0.15, -0.1) is 12.4 Å². The first-order chi connectivity index (χ1) is 20.8. The summed E-state index contributed by atoms with van der Waals surface area (Å²) in [5, 5.41) is 4.35. The number of benzene rings is 2. The third-order valence-corrected chi connectivity index (χ3v) is 7.36. The molecule has 1 N–H and O–H groups in total. The fourth-order valence-corrected chi connectivity index (χ4v) is 5.09. The molecule has 0 aliphatic carbocycles. The van der Waals surface area contributed by atoms with E-state index in [0.717, 1.165) is 17.5 Å². The molecule has 4 rings (SSSR count). The van der Waals surface area contributed by atoms with Crippen LogP contribution in [0.4, 0.5) is 31.1 Å². The minimum atomic E-state index is -4.35. The lowest BCUT2D eigenvalue weighted by molar-refractivity contribution is -0.175. The number of alkyl halides is 6. The molecule has 4 atom stereocenters. The number of rotatable bonds is 6. The standard InChI is InChI=1S/C18H23ClF3NO3.C13H15ClF3NO.ClH/c1-17(2,3)26-16(24)23-10-15(9-18(20,21)22)25-11-14(23)8-12-4-6-13(19)7-5-12;14-10-3-1-9(2-4-10)5-11-8-19-12(7-18-11)6-13(15,16)17;/h4-7,14-15H,8-11H2,1-3H3;1-4,11-12,18H,5-8H2;1H/t14-,15-;11-,12-;/m00./s1. The summed E-state index contributed by atoms with van der Waals surface area (Å²) < 4.78 is 90.7. The van der Waals surface area contributed by atoms with Gasteiger partial charge in [-0.1, -0.05) is 47.5 Å². The number of nitrogens with zero attached hydrogens (tertiary/aromatic N) is 1. The van der Waals surface area contributed by atoms with Gasteiger partial charge >= 0.3 is 18.4 Å². The lowest BCUT2D eigenvalue weighted by Crippen LogP contribution is -2.55. The molecule has 2 fully saturated rings. The zero-order valence-corrected chi connectivity index (χ0v) is 27.9. The summed E-state index contributed by atoms with van der Waals surface area (Å²) in [7, 11) is 0. The highest BCUT2D eigenvalue weighted by atomic mass is 35.5. The van der Waals surface area contributed by atoms with Crippen LogP contribution in [0.3, 0.4) is 0 Å². The number of halogens is 9. The van der Waals surface area contributed by atoms with Gasteiger partial charge in [-0.25, -0.2) is 4.79 Å². The van der Waals surface area contributed by atoms with Crippen molar-refractivity contribution >= 4 is 41.7 Å². The molecule has 260 valence electrons. The van der Waals surface area contributed by atoms with Gasteiger partial charge in [-0.2, -0.15) is 26.3 Å². The van der Waals surface area contributed by atoms with E-state index in [1.54, 1.807) is 45.0 Å². The Labute approximate surface area is 281 Å². The average Bonchev–Trinajstić information content (AvgIpc) is 2.91. The molecule has 0 saturated carbocycles. The Kier molecular flexibility index (Phi) is 15.2. The highest BCUT2D eigenvalue weighted by molar-refractivity contribution is 6.30. The maximum absolute atomic E-state index is 12.7. The zero-order valence-electron chi connectivity index (χ0n) is 25.6. The van der Waals surface area contributed by atoms with Crippen LogP contribution < -0.4 is 5.32 Å². The van der Waals surface area contributed by atoms with Crippen molar-refractivity contribution in [3.63, 3.8) is 0 Å². The molecule has 0 unspecified atom stereocenters. The summed E-state index contributed by atoms with van der Waals surface area (Å²) in [4.78, 5) is 13.9. The molecule has 46 heavy (non-hydrogen) atoms. The van der Waals surface area contributed by atoms with Crippen LogP contribution in [-0.2, 0) is 27.1 Å². The molecule has 0 radical (unpaired) electrons. The van der Waals surface area contributed by atoms with E-state index in [-0.39, 0.29) is 38.1 Å². The van der Waals surface area contributed by atoms with Gasteiger partial charge in [-0.05, 0) is 69.0 Å². The van der Waals surface area contributed by atoms with Crippen molar-refractivity contribution < 1.29 is 45.3 Å². The van der Waals surface area contributed by atoms with Gasteiger partial charge in [0, 0.05) is 22.6 Å². The molecular formula is C31H39Cl3F6N2O4. The van der Waals surface area contributed by atoms with Gasteiger partial charge in [-0.3, -0.25) is 4.90 Å². The molecule has 6 nitrogen and oxygen atoms in total. The minimum Gasteiger partial charge on any atom is -0.444 e. The quantitative estimate of drug-likeness (QED) is 0.303. The highest BCUT2D eigenvalue weighted by Crippen LogP contribution is 2.28. The first-order valence-electron chi connectivity index (χ1n) is 14.4. The van der Waals surface area contributed by atoms with Gasteiger partial charge in [0.1, 0.15) is 5.60 Å². The molecule has 1 amide bonds. The molecule has 0 spiro atoms. The third-order valence-electron chi connectivity index (χ3n) is 6.86. The van der Waals surface area contributed by atoms with Gasteiger partial charge in [0.2, 0.25) is 0 Å². The van der Waals surface area contributed by atoms with Crippen molar-refractivity contribution in [3.05, 3.63) is 69.7 Å². The fourth-order valence-electron chi connectivity index (χ4n) is 4.84. The van der Waals surface area contributed by atoms with Crippen molar-refractivity contribution in [2.24, 2.45) is 0 Å². The Hall–Kier alpha value is -1.96. The number of nitrogens with one attached hydrogen (secondary N) is 1. The Morgan fingerprint density at radius 2 is 1.30 bits per heavy atom. The predicted octanol–water partition coefficient (Wildman–Crippen LogP) is 8.45. The number of ether oxygens (including phenoxy) is 3. The summed E-state index contributed by atoms with van der Waals surface area (Å²) in [6, 6.07) is 14.1. The number of morpholine rings is 2. The molecule has 15 heteroatoms. The smallest absolute Gasteiger partial charge is 0.410 e. The highest BCUT2D eigenvalue weighted by Gasteiger charge is 2.40. The van der Waals surface area contributed by atoms with E-state index in [1.165, 1.54) is 4.90 Å². The molecule has 2 aliphatic heterocycles. The van der Waals surface area contributed by atoms with Crippen molar-refractivity contribution in [3.8, 4) is 0 Å². The van der Waals surface area contributed by atoms with Crippen molar-refractivity contribution in [1.82, 2.24) is 10.2 Å². The SMILES string of the molecule is CC(C)(C)OC(=O)N1C[C@H](CC(F)(F)F)OC[C@@H]1Cc1ccc(Cl)cc1.Cl.FC(F)(F)C[C@H]1CN[C@@H](Cc2ccc(Cl)cc2)CO1. The monoisotopic (exact) mass is 722 g/mol. The van der Waals surface area contributed by atoms with Crippen molar-refractivity contribution in [2.45, 2.75) is 88.7 Å². The average molecular weight is 724 g/mol. The Morgan fingerprint density at radius 3 is 1.76 bits per heavy atom. The van der Waals surface area contributed by atoms with Gasteiger partial charge in [0.15, 0.2) is 0 Å². The van der Waals surface area contributed by atoms with Crippen LogP contribution in [0, 0.1) is 0 Å². The summed E-state index contributed by atoms with van der Waals surface area (Å²) >= 11 is 11.7. The molecular weight excluding hydrogens is 685 g/mol. The Balaban J connectivity index is 0.000000328. The Bertz CT molecular complexity index is 1200. The second kappa shape index (κ2) is 17.4. The van der Waals surface area contributed by atoms with Crippen LogP contribution >= 0.6 is 35.6 Å². The van der Waals surface area contributed by atoms with Crippen LogP contribution in [-0.4, -0.2) is 79.5 Å². The molecule has 2 aromatic rings. The number of amides is 1. The number of hydrogen-bond acceptors (Lipinski definition) is 5. The van der Waals surface area contributed by atoms with Crippen LogP contribution in [0.5, 0.6) is 0 Å². The van der Waals surface area contributed by atoms with Gasteiger partial charge < -0.3 is 19.5 Å². The van der Waals surface area contributed by atoms with E-state index in [9.17, 15) is 31.1 Å². The predicted molar refractivity (Wildman–Crippen MR) is 167 cm³/mol. The van der Waals surface area contributed by atoms with Crippen LogP contribution in [0.25, 0.3) is 0 Å². The maximum atomic E-state index is 12.7. The van der Waals surface area contributed by atoms with E-state index in [4.69, 9.17) is 37.4 Å². The van der Waals surface area contributed by atoms with E-state index in [0.29, 0.717) is 23.1 Å². The summed E-state index contributed by atoms with van der Waals surface area (Å²) in [5.74, 6) is 0. The second-order valence-corrected chi connectivity index (χ2v) is 13.0. The Morgan fingerprint density at radius 1 is 0.826 bits per heavy atom. The van der Waals surface area contributed by atoms with Gasteiger partial charge in [0.25, 0.3) is 0 Å². The molecule has 2 aliphatic rings. The number of carbonyl (C=O) groups is 1. The largest absolute Gasteiger partial charge is 0.444 e. The topological polar surface area (TPSA) is 60.0 Å². The number of carbonyl (C=O) groups excluding carboxylic acids is 1. The molecule has 2 aromatic carbocycles. The van der Waals surface area contributed by atoms with E-state index in [2.05, 4.69) is 5.32 Å². The van der Waals surface area contributed by atoms with E-state index >= 15 is 0 Å². The zero-order chi connectivity index (χ0) is 33.4. The summed E-state index contributed by atoms with van der Waals surface area (Å²) in [6.07, 6.45) is -11.9. The number of hydrogen-bond donors (Lipinski definition) is 1. The fraction of sp³-hybridized carbons (Fsp3) is 0.581. The van der Waals surface area contributed by atoms with Crippen LogP contribution in [0.2, 0.25) is 10.0 Å². The third kappa shape index (κ3) is 15.3. The lowest BCUT2D eigenvalue weighted by atomic mass is 10.0. The summed E-state index contributed by atoms with van der Waals surface area (Å²) in [6.45, 7) is 5.53. The van der Waals surface area contributed by atoms with E-state index in [1.807, 2.05) is 24.3 Å². The molecule has 2 saturated heterocycles. The van der Waals surface area contributed by atoms with Crippen molar-refractivity contribution in [1.29, 1.82) is 0 Å². The first-order valence-corrected chi connectivity index (χ1v) is 15.2. The first kappa shape index (κ1) is 40.2. The van der Waals surface area contributed by atoms with Crippen LogP contribution in [0.15, 0.2) is 48.5 Å². The normalized spacial score (nSPS) is 22.3. The lowest BCUT2D eigenvalue weighted by Gasteiger charge is -2.40. The van der Waals surface area contributed by atoms with Crippen molar-refractivity contribution in [2.75, 3.05) is 26.3 Å². The summed E-state index contributed by atoms with van der Waals surface area (Å²) in [5.41, 5.74) is 1.25. The van der Waals surface area contributed by atoms with Gasteiger partial charge in [0.05, 0.1) is 50.8 Å². The molecule has 2 heterocycles.